The molecule has 1 amide bonds. The van der Waals surface area contributed by atoms with E-state index in [9.17, 15) is 9.59 Å². The van der Waals surface area contributed by atoms with Crippen molar-refractivity contribution >= 4 is 23.5 Å². The van der Waals surface area contributed by atoms with Gasteiger partial charge in [0.1, 0.15) is 6.04 Å². The van der Waals surface area contributed by atoms with Gasteiger partial charge in [-0.3, -0.25) is 4.79 Å². The van der Waals surface area contributed by atoms with E-state index in [2.05, 4.69) is 15.3 Å². The van der Waals surface area contributed by atoms with Gasteiger partial charge in [-0.25, -0.2) is 14.8 Å². The van der Waals surface area contributed by atoms with Gasteiger partial charge < -0.3 is 15.0 Å². The number of carbonyl (C=O) groups is 2. The number of nitrogens with one attached hydrogen (secondary N) is 1. The summed E-state index contributed by atoms with van der Waals surface area (Å²) in [4.78, 5) is 34.9. The average molecular weight is 368 g/mol. The molecule has 1 aliphatic rings. The molecule has 0 bridgehead atoms. The van der Waals surface area contributed by atoms with Crippen LogP contribution in [0.15, 0.2) is 30.6 Å². The maximum Gasteiger partial charge on any atom is 0.329 e. The smallest absolute Gasteiger partial charge is 0.329 e. The highest BCUT2D eigenvalue weighted by molar-refractivity contribution is 5.94. The van der Waals surface area contributed by atoms with E-state index in [4.69, 9.17) is 4.74 Å². The number of benzene rings is 1. The molecular weight excluding hydrogens is 344 g/mol. The number of aromatic nitrogens is 2. The Balaban J connectivity index is 1.58. The van der Waals surface area contributed by atoms with Crippen LogP contribution < -0.4 is 10.2 Å². The molecule has 1 N–H and O–H groups in total. The van der Waals surface area contributed by atoms with Crippen LogP contribution in [-0.2, 0) is 14.3 Å². The van der Waals surface area contributed by atoms with Gasteiger partial charge in [0.2, 0.25) is 5.95 Å². The lowest BCUT2D eigenvalue weighted by molar-refractivity contribution is -0.148. The summed E-state index contributed by atoms with van der Waals surface area (Å²) in [6.07, 6.45) is 4.80. The molecule has 1 saturated heterocycles. The Morgan fingerprint density at radius 2 is 1.85 bits per heavy atom. The van der Waals surface area contributed by atoms with Gasteiger partial charge in [-0.05, 0) is 50.8 Å². The zero-order valence-electron chi connectivity index (χ0n) is 15.9. The van der Waals surface area contributed by atoms with E-state index in [1.54, 1.807) is 18.5 Å². The van der Waals surface area contributed by atoms with Crippen LogP contribution in [-0.4, -0.2) is 41.0 Å². The molecule has 1 fully saturated rings. The maximum absolute atomic E-state index is 12.5. The van der Waals surface area contributed by atoms with Gasteiger partial charge >= 0.3 is 5.97 Å². The Kier molecular flexibility index (Phi) is 5.69. The van der Waals surface area contributed by atoms with Gasteiger partial charge in [-0.2, -0.15) is 0 Å². The van der Waals surface area contributed by atoms with E-state index in [1.807, 2.05) is 37.8 Å². The Labute approximate surface area is 158 Å². The number of esters is 1. The van der Waals surface area contributed by atoms with Gasteiger partial charge in [-0.15, -0.1) is 0 Å². The van der Waals surface area contributed by atoms with Gasteiger partial charge in [0.05, 0.1) is 0 Å². The first-order valence-corrected chi connectivity index (χ1v) is 9.03. The minimum atomic E-state index is -0.456. The Morgan fingerprint density at radius 3 is 2.52 bits per heavy atom. The lowest BCUT2D eigenvalue weighted by atomic mass is 10.1. The highest BCUT2D eigenvalue weighted by atomic mass is 16.5. The third kappa shape index (κ3) is 4.42. The largest absolute Gasteiger partial charge is 0.454 e. The fourth-order valence-corrected chi connectivity index (χ4v) is 3.48. The maximum atomic E-state index is 12.5. The van der Waals surface area contributed by atoms with Crippen molar-refractivity contribution in [3.8, 4) is 0 Å². The molecule has 3 rings (SSSR count). The van der Waals surface area contributed by atoms with Gasteiger partial charge in [0.15, 0.2) is 6.61 Å². The second-order valence-corrected chi connectivity index (χ2v) is 6.83. The topological polar surface area (TPSA) is 84.4 Å². The normalized spacial score (nSPS) is 16.3. The third-order valence-corrected chi connectivity index (χ3v) is 4.62. The van der Waals surface area contributed by atoms with Crippen LogP contribution in [0.25, 0.3) is 0 Å². The summed E-state index contributed by atoms with van der Waals surface area (Å²) in [5.74, 6) is -0.265. The third-order valence-electron chi connectivity index (χ3n) is 4.62. The summed E-state index contributed by atoms with van der Waals surface area (Å²) in [6, 6.07) is 5.28. The van der Waals surface area contributed by atoms with Gasteiger partial charge in [0.25, 0.3) is 5.91 Å². The highest BCUT2D eigenvalue weighted by Crippen LogP contribution is 2.23. The molecule has 1 atom stereocenters. The standard InChI is InChI=1S/C20H24N4O3/c1-13-10-14(2)18(15(3)11-13)23-17(25)12-27-19(26)16-6-4-9-24(16)20-21-7-5-8-22-20/h5,7-8,10-11,16H,4,6,9,12H2,1-3H3,(H,23,25)/t16-/m0/s1. The molecule has 1 aromatic carbocycles. The lowest BCUT2D eigenvalue weighted by Gasteiger charge is -2.22. The van der Waals surface area contributed by atoms with Crippen LogP contribution in [0, 0.1) is 20.8 Å². The molecule has 1 aromatic heterocycles. The minimum Gasteiger partial charge on any atom is -0.454 e. The van der Waals surface area contributed by atoms with Crippen molar-refractivity contribution in [3.63, 3.8) is 0 Å². The molecule has 27 heavy (non-hydrogen) atoms. The molecule has 2 heterocycles. The molecule has 0 aliphatic carbocycles. The molecule has 0 saturated carbocycles. The number of aryl methyl sites for hydroxylation is 3. The van der Waals surface area contributed by atoms with Crippen LogP contribution in [0.3, 0.4) is 0 Å². The fourth-order valence-electron chi connectivity index (χ4n) is 3.48. The monoisotopic (exact) mass is 368 g/mol. The summed E-state index contributed by atoms with van der Waals surface area (Å²) in [5.41, 5.74) is 3.87. The molecule has 142 valence electrons. The molecule has 0 unspecified atom stereocenters. The Hall–Kier alpha value is -2.96. The first-order valence-electron chi connectivity index (χ1n) is 9.03. The quantitative estimate of drug-likeness (QED) is 0.817. The lowest BCUT2D eigenvalue weighted by Crippen LogP contribution is -2.39. The van der Waals surface area contributed by atoms with Crippen molar-refractivity contribution in [2.24, 2.45) is 0 Å². The van der Waals surface area contributed by atoms with Crippen LogP contribution in [0.4, 0.5) is 11.6 Å². The number of ether oxygens (including phenoxy) is 1. The first-order chi connectivity index (χ1) is 13.0. The fraction of sp³-hybridized carbons (Fsp3) is 0.400. The highest BCUT2D eigenvalue weighted by Gasteiger charge is 2.33. The van der Waals surface area contributed by atoms with E-state index in [0.717, 1.165) is 28.8 Å². The van der Waals surface area contributed by atoms with E-state index in [-0.39, 0.29) is 12.5 Å². The molecule has 2 aromatic rings. The summed E-state index contributed by atoms with van der Waals surface area (Å²) in [5, 5.41) is 2.84. The minimum absolute atomic E-state index is 0.314. The Bertz CT molecular complexity index is 815. The number of hydrogen-bond donors (Lipinski definition) is 1. The second kappa shape index (κ2) is 8.16. The van der Waals surface area contributed by atoms with Crippen LogP contribution in [0.5, 0.6) is 0 Å². The van der Waals surface area contributed by atoms with Crippen molar-refractivity contribution in [2.45, 2.75) is 39.7 Å². The molecule has 1 aliphatic heterocycles. The van der Waals surface area contributed by atoms with Crippen molar-refractivity contribution < 1.29 is 14.3 Å². The van der Waals surface area contributed by atoms with E-state index in [1.165, 1.54) is 0 Å². The number of anilines is 2. The first kappa shape index (κ1) is 18.8. The van der Waals surface area contributed by atoms with E-state index in [0.29, 0.717) is 18.9 Å². The average Bonchev–Trinajstić information content (AvgIpc) is 3.13. The zero-order valence-corrected chi connectivity index (χ0v) is 15.9. The molecule has 7 nitrogen and oxygen atoms in total. The van der Waals surface area contributed by atoms with Crippen LogP contribution >= 0.6 is 0 Å². The predicted octanol–water partition coefficient (Wildman–Crippen LogP) is 2.55. The Morgan fingerprint density at radius 1 is 1.19 bits per heavy atom. The molecule has 0 spiro atoms. The summed E-state index contributed by atoms with van der Waals surface area (Å²) < 4.78 is 5.27. The van der Waals surface area contributed by atoms with Gasteiger partial charge in [0, 0.05) is 24.6 Å². The summed E-state index contributed by atoms with van der Waals surface area (Å²) in [7, 11) is 0. The summed E-state index contributed by atoms with van der Waals surface area (Å²) >= 11 is 0. The molecule has 0 radical (unpaired) electrons. The zero-order chi connectivity index (χ0) is 19.4. The number of carbonyl (C=O) groups excluding carboxylic acids is 2. The molecule has 7 heteroatoms. The van der Waals surface area contributed by atoms with E-state index < -0.39 is 12.0 Å². The SMILES string of the molecule is Cc1cc(C)c(NC(=O)COC(=O)[C@@H]2CCCN2c2ncccn2)c(C)c1. The number of hydrogen-bond acceptors (Lipinski definition) is 6. The van der Waals surface area contributed by atoms with Gasteiger partial charge in [-0.1, -0.05) is 17.7 Å². The van der Waals surface area contributed by atoms with Crippen molar-refractivity contribution in [1.82, 2.24) is 9.97 Å². The number of amides is 1. The van der Waals surface area contributed by atoms with Crippen molar-refractivity contribution in [1.29, 1.82) is 0 Å². The second-order valence-electron chi connectivity index (χ2n) is 6.83. The predicted molar refractivity (Wildman–Crippen MR) is 103 cm³/mol. The van der Waals surface area contributed by atoms with Crippen LogP contribution in [0.2, 0.25) is 0 Å². The number of rotatable bonds is 5. The number of nitrogens with zero attached hydrogens (tertiary/aromatic N) is 3. The van der Waals surface area contributed by atoms with Crippen molar-refractivity contribution in [3.05, 3.63) is 47.3 Å². The van der Waals surface area contributed by atoms with Crippen LogP contribution in [0.1, 0.15) is 29.5 Å². The van der Waals surface area contributed by atoms with E-state index >= 15 is 0 Å². The summed E-state index contributed by atoms with van der Waals surface area (Å²) in [6.45, 7) is 6.27. The molecular formula is C20H24N4O3. The van der Waals surface area contributed by atoms with Crippen molar-refractivity contribution in [2.75, 3.05) is 23.4 Å².